The van der Waals surface area contributed by atoms with Crippen LogP contribution in [0.1, 0.15) is 39.3 Å². The molecule has 0 amide bonds. The molecule has 1 N–H and O–H groups in total. The minimum atomic E-state index is -1.22. The molecule has 1 unspecified atom stereocenters. The predicted molar refractivity (Wildman–Crippen MR) is 112 cm³/mol. The molecule has 6 heteroatoms. The summed E-state index contributed by atoms with van der Waals surface area (Å²) >= 11 is -1.22. The van der Waals surface area contributed by atoms with Gasteiger partial charge in [0.25, 0.3) is 5.56 Å². The zero-order valence-corrected chi connectivity index (χ0v) is 17.1. The van der Waals surface area contributed by atoms with Gasteiger partial charge in [0.1, 0.15) is 10.6 Å². The third-order valence-corrected chi connectivity index (χ3v) is 6.16. The molecule has 3 rings (SSSR count). The van der Waals surface area contributed by atoms with Crippen molar-refractivity contribution >= 4 is 22.3 Å². The van der Waals surface area contributed by atoms with Gasteiger partial charge in [0.15, 0.2) is 0 Å². The Hall–Kier alpha value is -2.15. The number of benzene rings is 2. The van der Waals surface area contributed by atoms with Crippen molar-refractivity contribution in [3.05, 3.63) is 64.4 Å². The molecule has 0 fully saturated rings. The summed E-state index contributed by atoms with van der Waals surface area (Å²) in [7, 11) is 1.74. The summed E-state index contributed by atoms with van der Waals surface area (Å²) in [5.41, 5.74) is 2.29. The number of hydrogen-bond donors (Lipinski definition) is 1. The fourth-order valence-corrected chi connectivity index (χ4v) is 3.71. The maximum Gasteiger partial charge on any atom is 0.261 e. The number of hydrogen-bond acceptors (Lipinski definition) is 4. The van der Waals surface area contributed by atoms with Crippen LogP contribution < -0.4 is 10.3 Å². The largest absolute Gasteiger partial charge is 0.598 e. The van der Waals surface area contributed by atoms with Gasteiger partial charge >= 0.3 is 0 Å². The van der Waals surface area contributed by atoms with E-state index in [1.165, 1.54) is 0 Å². The molecule has 5 nitrogen and oxygen atoms in total. The van der Waals surface area contributed by atoms with Crippen LogP contribution in [-0.4, -0.2) is 18.9 Å². The molecule has 0 bridgehead atoms. The van der Waals surface area contributed by atoms with Crippen molar-refractivity contribution in [1.29, 1.82) is 0 Å². The lowest BCUT2D eigenvalue weighted by Crippen LogP contribution is -2.40. The summed E-state index contributed by atoms with van der Waals surface area (Å²) in [5.74, 6) is 0.615. The van der Waals surface area contributed by atoms with Crippen molar-refractivity contribution in [3.63, 3.8) is 0 Å². The van der Waals surface area contributed by atoms with Crippen LogP contribution in [0.4, 0.5) is 0 Å². The van der Waals surface area contributed by atoms with Crippen molar-refractivity contribution in [3.8, 4) is 11.4 Å². The molecule has 0 aliphatic heterocycles. The van der Waals surface area contributed by atoms with Crippen molar-refractivity contribution < 1.29 is 4.55 Å². The molecule has 0 aliphatic rings. The van der Waals surface area contributed by atoms with Crippen LogP contribution in [0.3, 0.4) is 0 Å². The van der Waals surface area contributed by atoms with Crippen LogP contribution in [0, 0.1) is 0 Å². The minimum Gasteiger partial charge on any atom is -0.598 e. The van der Waals surface area contributed by atoms with Crippen molar-refractivity contribution in [2.45, 2.75) is 38.5 Å². The smallest absolute Gasteiger partial charge is 0.261 e. The highest BCUT2D eigenvalue weighted by molar-refractivity contribution is 7.90. The summed E-state index contributed by atoms with van der Waals surface area (Å²) in [4.78, 5) is 17.7. The quantitative estimate of drug-likeness (QED) is 0.697. The van der Waals surface area contributed by atoms with E-state index in [4.69, 9.17) is 4.98 Å². The Morgan fingerprint density at radius 3 is 2.41 bits per heavy atom. The van der Waals surface area contributed by atoms with Crippen LogP contribution in [0.5, 0.6) is 0 Å². The highest BCUT2D eigenvalue weighted by Crippen LogP contribution is 2.26. The summed E-state index contributed by atoms with van der Waals surface area (Å²) in [6.07, 6.45) is 0. The number of nitrogens with one attached hydrogen (secondary N) is 1. The fraction of sp³-hybridized carbons (Fsp3) is 0.333. The molecule has 0 saturated carbocycles. The van der Waals surface area contributed by atoms with E-state index in [0.29, 0.717) is 16.7 Å². The lowest BCUT2D eigenvalue weighted by molar-refractivity contribution is 0.531. The Kier molecular flexibility index (Phi) is 5.42. The highest BCUT2D eigenvalue weighted by atomic mass is 32.2. The molecule has 2 atom stereocenters. The van der Waals surface area contributed by atoms with E-state index in [9.17, 15) is 9.35 Å². The second-order valence-corrected chi connectivity index (χ2v) is 9.63. The SMILES string of the molecule is CC(N[S@+]([O-])C(C)(C)C)c1cccc2c(=O)n(C)c(-c3ccccc3)nc12. The van der Waals surface area contributed by atoms with Crippen molar-refractivity contribution in [2.75, 3.05) is 0 Å². The number of aromatic nitrogens is 2. The third-order valence-electron chi connectivity index (χ3n) is 4.48. The molecule has 142 valence electrons. The number of fused-ring (bicyclic) bond motifs is 1. The first-order valence-electron chi connectivity index (χ1n) is 8.93. The Labute approximate surface area is 162 Å². The van der Waals surface area contributed by atoms with E-state index >= 15 is 0 Å². The van der Waals surface area contributed by atoms with Gasteiger partial charge in [-0.25, -0.2) is 4.98 Å². The van der Waals surface area contributed by atoms with Crippen molar-refractivity contribution in [1.82, 2.24) is 14.3 Å². The molecule has 3 aromatic rings. The third kappa shape index (κ3) is 3.93. The summed E-state index contributed by atoms with van der Waals surface area (Å²) in [6.45, 7) is 7.72. The number of para-hydroxylation sites is 1. The van der Waals surface area contributed by atoms with Crippen molar-refractivity contribution in [2.24, 2.45) is 7.05 Å². The molecule has 1 heterocycles. The summed E-state index contributed by atoms with van der Waals surface area (Å²) in [5, 5.41) is 0.560. The van der Waals surface area contributed by atoms with Crippen LogP contribution in [0.25, 0.3) is 22.3 Å². The van der Waals surface area contributed by atoms with Gasteiger partial charge in [0.2, 0.25) is 0 Å². The Morgan fingerprint density at radius 1 is 1.11 bits per heavy atom. The van der Waals surface area contributed by atoms with Crippen LogP contribution in [0.2, 0.25) is 0 Å². The lowest BCUT2D eigenvalue weighted by atomic mass is 10.0. The summed E-state index contributed by atoms with van der Waals surface area (Å²) < 4.78 is 16.9. The second kappa shape index (κ2) is 7.46. The topological polar surface area (TPSA) is 70.0 Å². The zero-order valence-electron chi connectivity index (χ0n) is 16.3. The van der Waals surface area contributed by atoms with E-state index in [1.54, 1.807) is 17.7 Å². The molecule has 1 aromatic heterocycles. The van der Waals surface area contributed by atoms with Gasteiger partial charge < -0.3 is 4.55 Å². The Bertz CT molecular complexity index is 1010. The monoisotopic (exact) mass is 383 g/mol. The molecule has 27 heavy (non-hydrogen) atoms. The maximum atomic E-state index is 12.9. The average molecular weight is 384 g/mol. The second-order valence-electron chi connectivity index (χ2n) is 7.63. The molecule has 0 aliphatic carbocycles. The van der Waals surface area contributed by atoms with E-state index in [2.05, 4.69) is 4.72 Å². The van der Waals surface area contributed by atoms with E-state index in [-0.39, 0.29) is 16.3 Å². The molecule has 0 spiro atoms. The first-order valence-corrected chi connectivity index (χ1v) is 10.1. The van der Waals surface area contributed by atoms with E-state index in [0.717, 1.165) is 11.1 Å². The first kappa shape index (κ1) is 19.6. The molecule has 2 aromatic carbocycles. The van der Waals surface area contributed by atoms with Gasteiger partial charge in [-0.3, -0.25) is 9.36 Å². The molecular weight excluding hydrogens is 358 g/mol. The van der Waals surface area contributed by atoms with Crippen LogP contribution >= 0.6 is 0 Å². The van der Waals surface area contributed by atoms with Gasteiger partial charge in [-0.1, -0.05) is 42.5 Å². The normalized spacial score (nSPS) is 14.3. The van der Waals surface area contributed by atoms with Gasteiger partial charge in [-0.15, -0.1) is 4.72 Å². The van der Waals surface area contributed by atoms with Gasteiger partial charge in [-0.2, -0.15) is 0 Å². The minimum absolute atomic E-state index is 0.0927. The Balaban J connectivity index is 2.15. The zero-order chi connectivity index (χ0) is 19.8. The van der Waals surface area contributed by atoms with Gasteiger partial charge in [0, 0.05) is 24.0 Å². The number of rotatable bonds is 4. The lowest BCUT2D eigenvalue weighted by Gasteiger charge is -2.27. The fourth-order valence-electron chi connectivity index (χ4n) is 2.91. The number of nitrogens with zero attached hydrogens (tertiary/aromatic N) is 2. The van der Waals surface area contributed by atoms with Crippen LogP contribution in [0.15, 0.2) is 53.3 Å². The highest BCUT2D eigenvalue weighted by Gasteiger charge is 2.29. The molecular formula is C21H25N3O2S. The first-order chi connectivity index (χ1) is 12.7. The van der Waals surface area contributed by atoms with E-state index in [1.807, 2.05) is 70.2 Å². The predicted octanol–water partition coefficient (Wildman–Crippen LogP) is 3.71. The van der Waals surface area contributed by atoms with Gasteiger partial charge in [-0.05, 0) is 39.3 Å². The molecule has 0 radical (unpaired) electrons. The van der Waals surface area contributed by atoms with Gasteiger partial charge in [0.05, 0.1) is 16.9 Å². The molecule has 0 saturated heterocycles. The average Bonchev–Trinajstić information content (AvgIpc) is 2.64. The van der Waals surface area contributed by atoms with E-state index < -0.39 is 11.4 Å². The standard InChI is InChI=1S/C21H25N3O2S/c1-14(23-27(26)21(2,3)4)16-12-9-13-17-18(16)22-19(24(5)20(17)25)15-10-7-6-8-11-15/h6-14,23H,1-5H3/t14?,27-/m1/s1. The maximum absolute atomic E-state index is 12.9. The Morgan fingerprint density at radius 2 is 1.78 bits per heavy atom. The van der Waals surface area contributed by atoms with Crippen LogP contribution in [-0.2, 0) is 18.4 Å². The summed E-state index contributed by atoms with van der Waals surface area (Å²) in [6, 6.07) is 15.0.